The zero-order chi connectivity index (χ0) is 13.1. The fourth-order valence-corrected chi connectivity index (χ4v) is 1.74. The van der Waals surface area contributed by atoms with E-state index in [1.54, 1.807) is 13.2 Å². The SMILES string of the molecule is CNC(=O)C(C)(C)CNC(C)c1ccnn1C. The van der Waals surface area contributed by atoms with Gasteiger partial charge in [-0.25, -0.2) is 0 Å². The van der Waals surface area contributed by atoms with Crippen molar-refractivity contribution in [1.29, 1.82) is 0 Å². The number of carbonyl (C=O) groups excluding carboxylic acids is 1. The summed E-state index contributed by atoms with van der Waals surface area (Å²) in [5.41, 5.74) is 0.694. The molecule has 0 radical (unpaired) electrons. The van der Waals surface area contributed by atoms with Crippen molar-refractivity contribution in [1.82, 2.24) is 20.4 Å². The van der Waals surface area contributed by atoms with Gasteiger partial charge in [0.2, 0.25) is 5.91 Å². The molecule has 0 aliphatic carbocycles. The third-order valence-electron chi connectivity index (χ3n) is 2.99. The fraction of sp³-hybridized carbons (Fsp3) is 0.667. The van der Waals surface area contributed by atoms with Crippen LogP contribution in [-0.2, 0) is 11.8 Å². The first kappa shape index (κ1) is 13.7. The van der Waals surface area contributed by atoms with Gasteiger partial charge in [-0.3, -0.25) is 9.48 Å². The Hall–Kier alpha value is -1.36. The van der Waals surface area contributed by atoms with Crippen LogP contribution in [0.15, 0.2) is 12.3 Å². The molecule has 0 aliphatic rings. The highest BCUT2D eigenvalue weighted by molar-refractivity contribution is 5.81. The molecule has 1 aromatic rings. The van der Waals surface area contributed by atoms with Crippen molar-refractivity contribution in [3.8, 4) is 0 Å². The largest absolute Gasteiger partial charge is 0.359 e. The minimum absolute atomic E-state index is 0.0437. The molecule has 5 heteroatoms. The number of aryl methyl sites for hydroxylation is 1. The van der Waals surface area contributed by atoms with Crippen molar-refractivity contribution in [2.75, 3.05) is 13.6 Å². The second-order valence-electron chi connectivity index (χ2n) is 4.95. The maximum absolute atomic E-state index is 11.6. The third-order valence-corrected chi connectivity index (χ3v) is 2.99. The van der Waals surface area contributed by atoms with Crippen molar-refractivity contribution in [2.45, 2.75) is 26.8 Å². The number of nitrogens with one attached hydrogen (secondary N) is 2. The zero-order valence-corrected chi connectivity index (χ0v) is 11.2. The summed E-state index contributed by atoms with van der Waals surface area (Å²) in [6.45, 7) is 6.54. The van der Waals surface area contributed by atoms with E-state index < -0.39 is 5.41 Å². The van der Waals surface area contributed by atoms with Crippen LogP contribution in [0.25, 0.3) is 0 Å². The summed E-state index contributed by atoms with van der Waals surface area (Å²) in [4.78, 5) is 11.6. The number of amides is 1. The molecule has 1 heterocycles. The van der Waals surface area contributed by atoms with Crippen LogP contribution in [0.2, 0.25) is 0 Å². The zero-order valence-electron chi connectivity index (χ0n) is 11.2. The summed E-state index contributed by atoms with van der Waals surface area (Å²) >= 11 is 0. The molecule has 2 N–H and O–H groups in total. The van der Waals surface area contributed by atoms with Crippen LogP contribution >= 0.6 is 0 Å². The van der Waals surface area contributed by atoms with Crippen molar-refractivity contribution in [3.63, 3.8) is 0 Å². The Labute approximate surface area is 103 Å². The predicted molar refractivity (Wildman–Crippen MR) is 67.5 cm³/mol. The lowest BCUT2D eigenvalue weighted by Crippen LogP contribution is -2.42. The molecule has 1 unspecified atom stereocenters. The van der Waals surface area contributed by atoms with Gasteiger partial charge in [0.05, 0.1) is 11.1 Å². The fourth-order valence-electron chi connectivity index (χ4n) is 1.74. The van der Waals surface area contributed by atoms with Gasteiger partial charge in [-0.1, -0.05) is 0 Å². The van der Waals surface area contributed by atoms with Crippen LogP contribution in [0, 0.1) is 5.41 Å². The number of carbonyl (C=O) groups is 1. The molecule has 0 saturated heterocycles. The number of hydrogen-bond acceptors (Lipinski definition) is 3. The van der Waals surface area contributed by atoms with Gasteiger partial charge >= 0.3 is 0 Å². The summed E-state index contributed by atoms with van der Waals surface area (Å²) in [7, 11) is 3.58. The second kappa shape index (κ2) is 5.31. The maximum Gasteiger partial charge on any atom is 0.226 e. The molecule has 1 amide bonds. The van der Waals surface area contributed by atoms with Gasteiger partial charge in [-0.2, -0.15) is 5.10 Å². The summed E-state index contributed by atoms with van der Waals surface area (Å²) in [6, 6.07) is 2.15. The highest BCUT2D eigenvalue weighted by atomic mass is 16.2. The van der Waals surface area contributed by atoms with Gasteiger partial charge in [-0.05, 0) is 26.8 Å². The van der Waals surface area contributed by atoms with E-state index in [0.29, 0.717) is 6.54 Å². The molecule has 17 heavy (non-hydrogen) atoms. The van der Waals surface area contributed by atoms with E-state index >= 15 is 0 Å². The third kappa shape index (κ3) is 3.30. The number of rotatable bonds is 5. The molecule has 1 aromatic heterocycles. The first-order chi connectivity index (χ1) is 7.88. The Morgan fingerprint density at radius 1 is 1.59 bits per heavy atom. The van der Waals surface area contributed by atoms with Gasteiger partial charge < -0.3 is 10.6 Å². The van der Waals surface area contributed by atoms with Gasteiger partial charge in [0, 0.05) is 32.9 Å². The van der Waals surface area contributed by atoms with Gasteiger partial charge in [0.25, 0.3) is 0 Å². The molecule has 1 rings (SSSR count). The lowest BCUT2D eigenvalue weighted by Gasteiger charge is -2.25. The van der Waals surface area contributed by atoms with Crippen LogP contribution < -0.4 is 10.6 Å². The van der Waals surface area contributed by atoms with E-state index in [1.807, 2.05) is 31.6 Å². The standard InChI is InChI=1S/C12H22N4O/c1-9(10-6-7-15-16(10)5)14-8-12(2,3)11(17)13-4/h6-7,9,14H,8H2,1-5H3,(H,13,17). The minimum atomic E-state index is -0.415. The lowest BCUT2D eigenvalue weighted by molar-refractivity contribution is -0.128. The summed E-state index contributed by atoms with van der Waals surface area (Å²) < 4.78 is 1.84. The minimum Gasteiger partial charge on any atom is -0.359 e. The van der Waals surface area contributed by atoms with E-state index in [4.69, 9.17) is 0 Å². The first-order valence-electron chi connectivity index (χ1n) is 5.82. The Kier molecular flexibility index (Phi) is 4.28. The first-order valence-corrected chi connectivity index (χ1v) is 5.82. The quantitative estimate of drug-likeness (QED) is 0.799. The van der Waals surface area contributed by atoms with E-state index in [0.717, 1.165) is 5.69 Å². The number of nitrogens with zero attached hydrogens (tertiary/aromatic N) is 2. The molecule has 0 fully saturated rings. The highest BCUT2D eigenvalue weighted by Gasteiger charge is 2.27. The van der Waals surface area contributed by atoms with Gasteiger partial charge in [0.1, 0.15) is 0 Å². The highest BCUT2D eigenvalue weighted by Crippen LogP contribution is 2.17. The van der Waals surface area contributed by atoms with Crippen LogP contribution in [0.4, 0.5) is 0 Å². The molecular formula is C12H22N4O. The summed E-state index contributed by atoms with van der Waals surface area (Å²) in [6.07, 6.45) is 1.78. The lowest BCUT2D eigenvalue weighted by atomic mass is 9.92. The van der Waals surface area contributed by atoms with Crippen LogP contribution in [0.1, 0.15) is 32.5 Å². The molecule has 0 saturated carbocycles. The smallest absolute Gasteiger partial charge is 0.226 e. The second-order valence-corrected chi connectivity index (χ2v) is 4.95. The Balaban J connectivity index is 2.57. The van der Waals surface area contributed by atoms with Crippen molar-refractivity contribution in [2.24, 2.45) is 12.5 Å². The van der Waals surface area contributed by atoms with E-state index in [-0.39, 0.29) is 11.9 Å². The molecular weight excluding hydrogens is 216 g/mol. The van der Waals surface area contributed by atoms with E-state index in [9.17, 15) is 4.79 Å². The maximum atomic E-state index is 11.6. The van der Waals surface area contributed by atoms with Crippen molar-refractivity contribution in [3.05, 3.63) is 18.0 Å². The molecule has 1 atom stereocenters. The molecule has 5 nitrogen and oxygen atoms in total. The normalized spacial score (nSPS) is 13.5. The average molecular weight is 238 g/mol. The molecule has 0 spiro atoms. The molecule has 0 bridgehead atoms. The van der Waals surface area contributed by atoms with Crippen LogP contribution in [0.5, 0.6) is 0 Å². The van der Waals surface area contributed by atoms with Gasteiger partial charge in [0.15, 0.2) is 0 Å². The van der Waals surface area contributed by atoms with Crippen LogP contribution in [0.3, 0.4) is 0 Å². The van der Waals surface area contributed by atoms with E-state index in [1.165, 1.54) is 0 Å². The van der Waals surface area contributed by atoms with Crippen molar-refractivity contribution >= 4 is 5.91 Å². The summed E-state index contributed by atoms with van der Waals surface area (Å²) in [5, 5.41) is 10.2. The number of hydrogen-bond donors (Lipinski definition) is 2. The van der Waals surface area contributed by atoms with Crippen LogP contribution in [-0.4, -0.2) is 29.3 Å². The monoisotopic (exact) mass is 238 g/mol. The molecule has 0 aliphatic heterocycles. The predicted octanol–water partition coefficient (Wildman–Crippen LogP) is 0.843. The molecule has 96 valence electrons. The summed E-state index contributed by atoms with van der Waals surface area (Å²) in [5.74, 6) is 0.0437. The van der Waals surface area contributed by atoms with Gasteiger partial charge in [-0.15, -0.1) is 0 Å². The Bertz CT molecular complexity index is 384. The Morgan fingerprint density at radius 2 is 2.24 bits per heavy atom. The average Bonchev–Trinajstić information content (AvgIpc) is 2.71. The number of aromatic nitrogens is 2. The topological polar surface area (TPSA) is 59.0 Å². The van der Waals surface area contributed by atoms with Crippen molar-refractivity contribution < 1.29 is 4.79 Å². The Morgan fingerprint density at radius 3 is 2.71 bits per heavy atom. The molecule has 0 aromatic carbocycles. The van der Waals surface area contributed by atoms with E-state index in [2.05, 4.69) is 22.7 Å².